The van der Waals surface area contributed by atoms with Gasteiger partial charge in [-0.15, -0.1) is 5.01 Å². The Balaban J connectivity index is 2.97. The van der Waals surface area contributed by atoms with Crippen LogP contribution in [0.15, 0.2) is 24.3 Å². The largest absolute Gasteiger partial charge is 0.446 e. The van der Waals surface area contributed by atoms with Gasteiger partial charge in [-0.05, 0) is 52.0 Å². The second-order valence-corrected chi connectivity index (χ2v) is 5.15. The molecule has 0 aliphatic rings. The van der Waals surface area contributed by atoms with Gasteiger partial charge in [-0.3, -0.25) is 4.79 Å². The minimum absolute atomic E-state index is 0.00282. The van der Waals surface area contributed by atoms with E-state index in [9.17, 15) is 18.8 Å². The third-order valence-corrected chi connectivity index (χ3v) is 2.36. The molecule has 1 aromatic carbocycles. The zero-order valence-electron chi connectivity index (χ0n) is 13.3. The van der Waals surface area contributed by atoms with Crippen LogP contribution < -0.4 is 5.43 Å². The highest BCUT2D eigenvalue weighted by Gasteiger charge is 2.28. The first-order valence-electron chi connectivity index (χ1n) is 6.98. The number of carbonyl (C=O) groups excluding carboxylic acids is 3. The predicted molar refractivity (Wildman–Crippen MR) is 78.9 cm³/mol. The minimum Gasteiger partial charge on any atom is -0.446 e. The summed E-state index contributed by atoms with van der Waals surface area (Å²) in [5, 5.41) is 0.387. The summed E-state index contributed by atoms with van der Waals surface area (Å²) < 4.78 is 22.7. The quantitative estimate of drug-likeness (QED) is 0.863. The van der Waals surface area contributed by atoms with Crippen molar-refractivity contribution in [2.45, 2.75) is 39.9 Å². The Morgan fingerprint density at radius 1 is 1.00 bits per heavy atom. The SMILES string of the molecule is CC(C)OC(=O)NN(C(=O)OC(C)C)C(=O)c1ccc(F)cc1. The van der Waals surface area contributed by atoms with E-state index in [1.54, 1.807) is 27.7 Å². The molecule has 0 atom stereocenters. The van der Waals surface area contributed by atoms with Gasteiger partial charge in [0.2, 0.25) is 0 Å². The van der Waals surface area contributed by atoms with Crippen LogP contribution in [0, 0.1) is 5.82 Å². The van der Waals surface area contributed by atoms with Crippen LogP contribution in [-0.4, -0.2) is 35.3 Å². The van der Waals surface area contributed by atoms with Gasteiger partial charge in [0, 0.05) is 5.56 Å². The molecule has 0 bridgehead atoms. The predicted octanol–water partition coefficient (Wildman–Crippen LogP) is 2.86. The number of halogens is 1. The summed E-state index contributed by atoms with van der Waals surface area (Å²) in [4.78, 5) is 36.0. The van der Waals surface area contributed by atoms with Crippen molar-refractivity contribution in [3.05, 3.63) is 35.6 Å². The van der Waals surface area contributed by atoms with Gasteiger partial charge in [0.15, 0.2) is 0 Å². The van der Waals surface area contributed by atoms with E-state index >= 15 is 0 Å². The molecule has 1 rings (SSSR count). The van der Waals surface area contributed by atoms with Crippen LogP contribution in [0.5, 0.6) is 0 Å². The number of nitrogens with zero attached hydrogens (tertiary/aromatic N) is 1. The minimum atomic E-state index is -1.07. The van der Waals surface area contributed by atoms with Crippen molar-refractivity contribution in [3.8, 4) is 0 Å². The highest BCUT2D eigenvalue weighted by atomic mass is 19.1. The smallest absolute Gasteiger partial charge is 0.436 e. The summed E-state index contributed by atoms with van der Waals surface area (Å²) in [5.74, 6) is -1.42. The number of amides is 3. The van der Waals surface area contributed by atoms with Crippen molar-refractivity contribution in [2.75, 3.05) is 0 Å². The van der Waals surface area contributed by atoms with E-state index in [-0.39, 0.29) is 5.56 Å². The molecule has 0 aliphatic heterocycles. The number of imide groups is 1. The molecule has 23 heavy (non-hydrogen) atoms. The first kappa shape index (κ1) is 18.4. The standard InChI is InChI=1S/C15H19FN2O5/c1-9(2)22-14(20)17-18(15(21)23-10(3)4)13(19)11-5-7-12(16)8-6-11/h5-10H,1-4H3,(H,17,20). The molecule has 126 valence electrons. The van der Waals surface area contributed by atoms with E-state index in [2.05, 4.69) is 0 Å². The zero-order valence-corrected chi connectivity index (χ0v) is 13.3. The lowest BCUT2D eigenvalue weighted by molar-refractivity contribution is 0.0383. The first-order chi connectivity index (χ1) is 10.7. The fourth-order valence-corrected chi connectivity index (χ4v) is 1.49. The maximum atomic E-state index is 12.9. The second-order valence-electron chi connectivity index (χ2n) is 5.15. The van der Waals surface area contributed by atoms with E-state index in [1.807, 2.05) is 5.43 Å². The molecular formula is C15H19FN2O5. The first-order valence-corrected chi connectivity index (χ1v) is 6.98. The molecular weight excluding hydrogens is 307 g/mol. The molecule has 0 radical (unpaired) electrons. The van der Waals surface area contributed by atoms with E-state index in [1.165, 1.54) is 12.1 Å². The molecule has 3 amide bonds. The van der Waals surface area contributed by atoms with Gasteiger partial charge in [0.25, 0.3) is 5.91 Å². The van der Waals surface area contributed by atoms with Crippen LogP contribution in [0.2, 0.25) is 0 Å². The van der Waals surface area contributed by atoms with Crippen LogP contribution in [0.1, 0.15) is 38.1 Å². The van der Waals surface area contributed by atoms with E-state index in [0.29, 0.717) is 5.01 Å². The lowest BCUT2D eigenvalue weighted by Crippen LogP contribution is -2.51. The van der Waals surface area contributed by atoms with Crippen molar-refractivity contribution >= 4 is 18.1 Å². The fraction of sp³-hybridized carbons (Fsp3) is 0.400. The molecule has 0 aromatic heterocycles. The normalized spacial score (nSPS) is 10.4. The monoisotopic (exact) mass is 326 g/mol. The number of hydrogen-bond acceptors (Lipinski definition) is 5. The van der Waals surface area contributed by atoms with Crippen molar-refractivity contribution in [2.24, 2.45) is 0 Å². The zero-order chi connectivity index (χ0) is 17.6. The molecule has 0 spiro atoms. The number of benzene rings is 1. The number of carbonyl (C=O) groups is 3. The van der Waals surface area contributed by atoms with Gasteiger partial charge < -0.3 is 9.47 Å². The Hall–Kier alpha value is -2.64. The van der Waals surface area contributed by atoms with Gasteiger partial charge in [-0.2, -0.15) is 0 Å². The number of hydrogen-bond donors (Lipinski definition) is 1. The lowest BCUT2D eigenvalue weighted by atomic mass is 10.2. The summed E-state index contributed by atoms with van der Waals surface area (Å²) in [6.45, 7) is 6.39. The number of ether oxygens (including phenoxy) is 2. The Morgan fingerprint density at radius 2 is 1.52 bits per heavy atom. The number of hydrazine groups is 1. The number of nitrogens with one attached hydrogen (secondary N) is 1. The van der Waals surface area contributed by atoms with E-state index in [0.717, 1.165) is 12.1 Å². The van der Waals surface area contributed by atoms with Crippen molar-refractivity contribution in [1.82, 2.24) is 10.4 Å². The summed E-state index contributed by atoms with van der Waals surface area (Å²) in [7, 11) is 0. The molecule has 0 heterocycles. The van der Waals surface area contributed by atoms with Crippen LogP contribution >= 0.6 is 0 Å². The van der Waals surface area contributed by atoms with Crippen LogP contribution in [0.25, 0.3) is 0 Å². The van der Waals surface area contributed by atoms with Crippen LogP contribution in [-0.2, 0) is 9.47 Å². The molecule has 8 heteroatoms. The summed E-state index contributed by atoms with van der Waals surface area (Å²) in [6.07, 6.45) is -3.01. The molecule has 0 fully saturated rings. The highest BCUT2D eigenvalue weighted by molar-refractivity contribution is 6.03. The van der Waals surface area contributed by atoms with Gasteiger partial charge in [-0.1, -0.05) is 0 Å². The molecule has 7 nitrogen and oxygen atoms in total. The Morgan fingerprint density at radius 3 is 2.00 bits per heavy atom. The van der Waals surface area contributed by atoms with Crippen LogP contribution in [0.4, 0.5) is 14.0 Å². The molecule has 0 aliphatic carbocycles. The topological polar surface area (TPSA) is 84.9 Å². The molecule has 0 saturated heterocycles. The molecule has 0 saturated carbocycles. The lowest BCUT2D eigenvalue weighted by Gasteiger charge is -2.22. The Kier molecular flexibility index (Phi) is 6.49. The van der Waals surface area contributed by atoms with E-state index in [4.69, 9.17) is 9.47 Å². The molecule has 0 unspecified atom stereocenters. The van der Waals surface area contributed by atoms with Crippen molar-refractivity contribution in [1.29, 1.82) is 0 Å². The molecule has 1 N–H and O–H groups in total. The maximum Gasteiger partial charge on any atom is 0.436 e. The van der Waals surface area contributed by atoms with Crippen molar-refractivity contribution in [3.63, 3.8) is 0 Å². The fourth-order valence-electron chi connectivity index (χ4n) is 1.49. The summed E-state index contributed by atoms with van der Waals surface area (Å²) in [6, 6.07) is 4.49. The maximum absolute atomic E-state index is 12.9. The average molecular weight is 326 g/mol. The second kappa shape index (κ2) is 8.11. The van der Waals surface area contributed by atoms with Gasteiger partial charge in [-0.25, -0.2) is 19.4 Å². The molecule has 1 aromatic rings. The number of rotatable bonds is 3. The van der Waals surface area contributed by atoms with Gasteiger partial charge in [0.1, 0.15) is 5.82 Å². The third-order valence-electron chi connectivity index (χ3n) is 2.36. The summed E-state index contributed by atoms with van der Waals surface area (Å²) in [5.41, 5.74) is 2.02. The van der Waals surface area contributed by atoms with Crippen molar-refractivity contribution < 1.29 is 28.2 Å². The Labute approximate surface area is 133 Å². The average Bonchev–Trinajstić information content (AvgIpc) is 2.43. The summed E-state index contributed by atoms with van der Waals surface area (Å²) >= 11 is 0. The third kappa shape index (κ3) is 5.93. The van der Waals surface area contributed by atoms with Crippen LogP contribution in [0.3, 0.4) is 0 Å². The highest BCUT2D eigenvalue weighted by Crippen LogP contribution is 2.08. The van der Waals surface area contributed by atoms with E-state index < -0.39 is 36.1 Å². The van der Waals surface area contributed by atoms with Gasteiger partial charge >= 0.3 is 12.2 Å². The Bertz CT molecular complexity index is 572. The van der Waals surface area contributed by atoms with Gasteiger partial charge in [0.05, 0.1) is 12.2 Å².